The van der Waals surface area contributed by atoms with Crippen LogP contribution in [0.25, 0.3) is 0 Å². The minimum atomic E-state index is -1.00. The van der Waals surface area contributed by atoms with E-state index in [2.05, 4.69) is 6.08 Å². The van der Waals surface area contributed by atoms with Gasteiger partial charge in [-0.25, -0.2) is 4.79 Å². The van der Waals surface area contributed by atoms with Crippen LogP contribution in [0.1, 0.15) is 33.6 Å². The molecule has 0 radical (unpaired) electrons. The van der Waals surface area contributed by atoms with Crippen LogP contribution in [0, 0.1) is 10.8 Å². The molecule has 2 bridgehead atoms. The molecule has 3 fully saturated rings. The van der Waals surface area contributed by atoms with E-state index >= 15 is 0 Å². The molecule has 6 heteroatoms. The summed E-state index contributed by atoms with van der Waals surface area (Å²) in [5.74, 6) is -0.411. The van der Waals surface area contributed by atoms with Crippen LogP contribution in [-0.2, 0) is 19.0 Å². The summed E-state index contributed by atoms with van der Waals surface area (Å²) < 4.78 is 17.6. The van der Waals surface area contributed by atoms with E-state index in [-0.39, 0.29) is 12.7 Å². The number of rotatable bonds is 3. The zero-order valence-corrected chi connectivity index (χ0v) is 14.9. The summed E-state index contributed by atoms with van der Waals surface area (Å²) in [5.41, 5.74) is -0.872. The number of fused-ring (bicyclic) bond motifs is 2. The van der Waals surface area contributed by atoms with E-state index < -0.39 is 40.7 Å². The molecular weight excluding hydrogens is 324 g/mol. The number of aliphatic hydroxyl groups excluding tert-OH is 2. The largest absolute Gasteiger partial charge is 0.462 e. The molecule has 7 unspecified atom stereocenters. The Bertz CT molecular complexity index is 650. The number of carbonyl (C=O) groups excluding carboxylic acids is 1. The SMILES string of the molecule is CC=CC(=O)OCC12CCC(C)=CC1OC1C(O)C(O)C2(C)C12CO2. The summed E-state index contributed by atoms with van der Waals surface area (Å²) in [7, 11) is 0. The van der Waals surface area contributed by atoms with Crippen molar-refractivity contribution in [1.82, 2.24) is 0 Å². The second kappa shape index (κ2) is 5.39. The Kier molecular flexibility index (Phi) is 3.71. The molecular formula is C19H26O6. The van der Waals surface area contributed by atoms with Crippen molar-refractivity contribution in [2.45, 2.75) is 63.6 Å². The van der Waals surface area contributed by atoms with E-state index in [0.29, 0.717) is 13.0 Å². The predicted molar refractivity (Wildman–Crippen MR) is 88.7 cm³/mol. The first-order valence-electron chi connectivity index (χ1n) is 8.95. The molecule has 2 heterocycles. The Balaban J connectivity index is 1.78. The fraction of sp³-hybridized carbons (Fsp3) is 0.737. The summed E-state index contributed by atoms with van der Waals surface area (Å²) in [4.78, 5) is 11.9. The van der Waals surface area contributed by atoms with Gasteiger partial charge >= 0.3 is 5.97 Å². The Labute approximate surface area is 147 Å². The third-order valence-corrected chi connectivity index (χ3v) is 7.07. The van der Waals surface area contributed by atoms with Gasteiger partial charge in [-0.1, -0.05) is 24.6 Å². The van der Waals surface area contributed by atoms with Gasteiger partial charge in [0.15, 0.2) is 0 Å². The average Bonchev–Trinajstić information content (AvgIpc) is 3.36. The van der Waals surface area contributed by atoms with Gasteiger partial charge < -0.3 is 24.4 Å². The lowest BCUT2D eigenvalue weighted by Crippen LogP contribution is -2.66. The van der Waals surface area contributed by atoms with E-state index in [1.807, 2.05) is 13.8 Å². The fourth-order valence-electron chi connectivity index (χ4n) is 5.41. The van der Waals surface area contributed by atoms with Crippen LogP contribution in [0.3, 0.4) is 0 Å². The van der Waals surface area contributed by atoms with Gasteiger partial charge in [0.05, 0.1) is 18.8 Å². The number of hydrogen-bond donors (Lipinski definition) is 2. The molecule has 2 saturated heterocycles. The highest BCUT2D eigenvalue weighted by Crippen LogP contribution is 2.71. The number of hydrogen-bond acceptors (Lipinski definition) is 6. The zero-order chi connectivity index (χ0) is 18.0. The van der Waals surface area contributed by atoms with Crippen molar-refractivity contribution < 1.29 is 29.2 Å². The normalized spacial score (nSPS) is 50.7. The molecule has 6 nitrogen and oxygen atoms in total. The zero-order valence-electron chi connectivity index (χ0n) is 14.9. The van der Waals surface area contributed by atoms with Crippen molar-refractivity contribution in [2.75, 3.05) is 13.2 Å². The first kappa shape index (κ1) is 17.2. The molecule has 0 aromatic heterocycles. The standard InChI is InChI=1S/C19H26O6/c1-4-5-13(20)23-9-18-7-6-11(2)8-12(18)25-16-14(21)15(22)17(18,3)19(16)10-24-19/h4-5,8,12,14-16,21-22H,6-7,9-10H2,1-3H3. The Morgan fingerprint density at radius 2 is 2.20 bits per heavy atom. The summed E-state index contributed by atoms with van der Waals surface area (Å²) in [6.07, 6.45) is 3.74. The van der Waals surface area contributed by atoms with Gasteiger partial charge in [0.2, 0.25) is 0 Å². The van der Waals surface area contributed by atoms with Crippen LogP contribution in [0.5, 0.6) is 0 Å². The maximum Gasteiger partial charge on any atom is 0.330 e. The van der Waals surface area contributed by atoms with Crippen LogP contribution in [0.15, 0.2) is 23.8 Å². The maximum absolute atomic E-state index is 11.9. The lowest BCUT2D eigenvalue weighted by atomic mass is 9.51. The number of carbonyl (C=O) groups is 1. The van der Waals surface area contributed by atoms with Gasteiger partial charge in [-0.3, -0.25) is 0 Å². The second-order valence-electron chi connectivity index (χ2n) is 8.07. The van der Waals surface area contributed by atoms with Gasteiger partial charge in [-0.05, 0) is 26.7 Å². The third kappa shape index (κ3) is 1.97. The van der Waals surface area contributed by atoms with Gasteiger partial charge in [0, 0.05) is 16.9 Å². The van der Waals surface area contributed by atoms with E-state index in [1.54, 1.807) is 13.0 Å². The second-order valence-corrected chi connectivity index (χ2v) is 8.07. The van der Waals surface area contributed by atoms with Crippen molar-refractivity contribution >= 4 is 5.97 Å². The van der Waals surface area contributed by atoms with Gasteiger partial charge in [-0.15, -0.1) is 0 Å². The van der Waals surface area contributed by atoms with Crippen LogP contribution in [-0.4, -0.2) is 59.4 Å². The van der Waals surface area contributed by atoms with Crippen molar-refractivity contribution in [2.24, 2.45) is 10.8 Å². The van der Waals surface area contributed by atoms with E-state index in [4.69, 9.17) is 14.2 Å². The third-order valence-electron chi connectivity index (χ3n) is 7.07. The number of ether oxygens (including phenoxy) is 3. The van der Waals surface area contributed by atoms with E-state index in [0.717, 1.165) is 6.42 Å². The highest BCUT2D eigenvalue weighted by Gasteiger charge is 2.84. The number of allylic oxidation sites excluding steroid dienone is 2. The average molecular weight is 350 g/mol. The number of esters is 1. The van der Waals surface area contributed by atoms with Crippen molar-refractivity contribution in [1.29, 1.82) is 0 Å². The molecule has 2 N–H and O–H groups in total. The first-order valence-corrected chi connectivity index (χ1v) is 8.95. The lowest BCUT2D eigenvalue weighted by Gasteiger charge is -2.57. The molecule has 0 aromatic rings. The molecule has 0 aromatic carbocycles. The molecule has 4 aliphatic rings. The molecule has 7 atom stereocenters. The molecule has 1 saturated carbocycles. The topological polar surface area (TPSA) is 88.5 Å². The number of epoxide rings is 1. The van der Waals surface area contributed by atoms with Gasteiger partial charge in [0.25, 0.3) is 0 Å². The predicted octanol–water partition coefficient (Wildman–Crippen LogP) is 1.11. The molecule has 4 rings (SSSR count). The van der Waals surface area contributed by atoms with Crippen molar-refractivity contribution in [3.8, 4) is 0 Å². The fourth-order valence-corrected chi connectivity index (χ4v) is 5.41. The summed E-state index contributed by atoms with van der Waals surface area (Å²) in [6, 6.07) is 0. The quantitative estimate of drug-likeness (QED) is 0.343. The highest BCUT2D eigenvalue weighted by atomic mass is 16.6. The van der Waals surface area contributed by atoms with Gasteiger partial charge in [0.1, 0.15) is 24.4 Å². The monoisotopic (exact) mass is 350 g/mol. The minimum absolute atomic E-state index is 0.128. The van der Waals surface area contributed by atoms with Gasteiger partial charge in [-0.2, -0.15) is 0 Å². The van der Waals surface area contributed by atoms with Crippen LogP contribution >= 0.6 is 0 Å². The van der Waals surface area contributed by atoms with Crippen molar-refractivity contribution in [3.63, 3.8) is 0 Å². The summed E-state index contributed by atoms with van der Waals surface area (Å²) in [6.45, 7) is 6.34. The van der Waals surface area contributed by atoms with Crippen LogP contribution in [0.2, 0.25) is 0 Å². The first-order chi connectivity index (χ1) is 11.8. The Morgan fingerprint density at radius 1 is 1.48 bits per heavy atom. The molecule has 2 aliphatic carbocycles. The molecule has 2 aliphatic heterocycles. The van der Waals surface area contributed by atoms with Crippen LogP contribution < -0.4 is 0 Å². The lowest BCUT2D eigenvalue weighted by molar-refractivity contribution is -0.230. The van der Waals surface area contributed by atoms with E-state index in [1.165, 1.54) is 11.6 Å². The Hall–Kier alpha value is -1.21. The van der Waals surface area contributed by atoms with Crippen molar-refractivity contribution in [3.05, 3.63) is 23.8 Å². The maximum atomic E-state index is 11.9. The summed E-state index contributed by atoms with van der Waals surface area (Å²) in [5, 5.41) is 21.6. The van der Waals surface area contributed by atoms with Crippen LogP contribution in [0.4, 0.5) is 0 Å². The van der Waals surface area contributed by atoms with E-state index in [9.17, 15) is 15.0 Å². The minimum Gasteiger partial charge on any atom is -0.462 e. The smallest absolute Gasteiger partial charge is 0.330 e. The number of aliphatic hydroxyl groups is 2. The Morgan fingerprint density at radius 3 is 2.84 bits per heavy atom. The molecule has 138 valence electrons. The molecule has 0 amide bonds. The molecule has 25 heavy (non-hydrogen) atoms. The highest BCUT2D eigenvalue weighted by molar-refractivity contribution is 5.81. The molecule has 1 spiro atoms. The summed E-state index contributed by atoms with van der Waals surface area (Å²) >= 11 is 0.